The van der Waals surface area contributed by atoms with Gasteiger partial charge in [-0.2, -0.15) is 4.90 Å². The summed E-state index contributed by atoms with van der Waals surface area (Å²) in [5.74, 6) is -1.68. The summed E-state index contributed by atoms with van der Waals surface area (Å²) in [6.45, 7) is 25.2. The van der Waals surface area contributed by atoms with E-state index >= 15 is 0 Å². The molecule has 3 amide bonds. The molecule has 0 fully saturated rings. The third kappa shape index (κ3) is 36.0. The number of hydrogen-bond acceptors (Lipinski definition) is 14. The monoisotopic (exact) mass is 1560 g/mol. The van der Waals surface area contributed by atoms with Crippen LogP contribution in [0.1, 0.15) is 126 Å². The lowest BCUT2D eigenvalue weighted by molar-refractivity contribution is -0.0295. The van der Waals surface area contributed by atoms with Gasteiger partial charge in [0.05, 0.1) is 53.6 Å². The Balaban J connectivity index is -0.000000299. The second-order valence-electron chi connectivity index (χ2n) is 19.8. The number of ether oxygens (including phenoxy) is 6. The zero-order chi connectivity index (χ0) is 60.9. The Morgan fingerprint density at radius 3 is 1.19 bits per heavy atom. The van der Waals surface area contributed by atoms with Gasteiger partial charge in [0.15, 0.2) is 0 Å². The number of benzene rings is 4. The number of hydrogen-bond donors (Lipinski definition) is 4. The first-order chi connectivity index (χ1) is 34.8. The minimum absolute atomic E-state index is 0. The van der Waals surface area contributed by atoms with Crippen LogP contribution in [-0.2, 0) is 28.4 Å². The van der Waals surface area contributed by atoms with Crippen LogP contribution < -0.4 is 21.7 Å². The van der Waals surface area contributed by atoms with Crippen LogP contribution in [-0.4, -0.2) is 70.8 Å². The van der Waals surface area contributed by atoms with Crippen LogP contribution in [0.25, 0.3) is 0 Å². The van der Waals surface area contributed by atoms with Crippen LogP contribution in [0.4, 0.5) is 64.3 Å². The molecule has 0 unspecified atom stereocenters. The Morgan fingerprint density at radius 2 is 0.838 bits per heavy atom. The van der Waals surface area contributed by atoms with Gasteiger partial charge in [0.25, 0.3) is 0 Å². The van der Waals surface area contributed by atoms with Gasteiger partial charge in [-0.15, -0.1) is 0 Å². The van der Waals surface area contributed by atoms with E-state index in [1.54, 1.807) is 149 Å². The van der Waals surface area contributed by atoms with E-state index in [1.165, 1.54) is 48.5 Å². The highest BCUT2D eigenvalue weighted by Crippen LogP contribution is 2.35. The molecule has 0 atom stereocenters. The molecule has 0 aliphatic heterocycles. The standard InChI is InChI=1S/C16H20ClFINO4.C11H12ClFINO2.C10H18O5.C6H4ClFIN.C6H5ClFN.CH4O.3CH4/c1-15(2,3)23-13(21)20(14(22)24-16(4,5)6)10-8-7-9(18)12(19)11(10)17;1-11(2,3)17-10(16)15-7-5-4-6(13)9(14)8(7)12;1-9(2,3)14-7(11)13-8(12)15-10(4,5)6;7-5-4(10)2-1-3(8)6(5)9;7-5-3-4(8)1-2-6(5)9;1-2;;;/h7-8H,1-6H3;4-5H,1-3H3,(H,15,16);1-6H3;1-2H,10H2;1-3H,9H2;2H,1H3;3*1H4. The largest absolute Gasteiger partial charge is 0.519 e. The number of carbonyl (C=O) groups is 5. The summed E-state index contributed by atoms with van der Waals surface area (Å²) in [6, 6.07) is 11.6. The lowest BCUT2D eigenvalue weighted by Gasteiger charge is -2.29. The van der Waals surface area contributed by atoms with Gasteiger partial charge < -0.3 is 45.0 Å². The lowest BCUT2D eigenvalue weighted by Crippen LogP contribution is -2.44. The fraction of sp³-hybridized carbons (Fsp3) is 0.453. The zero-order valence-corrected chi connectivity index (χ0v) is 54.4. The van der Waals surface area contributed by atoms with Gasteiger partial charge >= 0.3 is 30.6 Å². The quantitative estimate of drug-likeness (QED) is 0.0278. The molecule has 0 aromatic heterocycles. The van der Waals surface area contributed by atoms with E-state index in [4.69, 9.17) is 86.7 Å². The average molecular weight is 1560 g/mol. The Kier molecular flexibility index (Phi) is 39.8. The first-order valence-corrected chi connectivity index (χ1v) is 26.7. The molecular formula is C53H75Cl4F4I3N4O12. The van der Waals surface area contributed by atoms with E-state index < -0.39 is 70.2 Å². The summed E-state index contributed by atoms with van der Waals surface area (Å²) < 4.78 is 81.7. The number of imide groups is 1. The van der Waals surface area contributed by atoms with Crippen molar-refractivity contribution in [1.29, 1.82) is 0 Å². The first kappa shape index (κ1) is 85.1. The molecule has 0 aliphatic carbocycles. The molecule has 0 heterocycles. The van der Waals surface area contributed by atoms with Crippen molar-refractivity contribution in [2.24, 2.45) is 0 Å². The van der Waals surface area contributed by atoms with Crippen molar-refractivity contribution in [2.75, 3.05) is 28.8 Å². The fourth-order valence-electron chi connectivity index (χ4n) is 4.26. The van der Waals surface area contributed by atoms with E-state index in [0.29, 0.717) is 30.6 Å². The van der Waals surface area contributed by atoms with Crippen LogP contribution in [0.3, 0.4) is 0 Å². The number of nitrogens with two attached hydrogens (primary N) is 2. The number of nitrogens with one attached hydrogen (secondary N) is 1. The second kappa shape index (κ2) is 37.5. The number of carbonyl (C=O) groups excluding carboxylic acids is 5. The van der Waals surface area contributed by atoms with E-state index in [-0.39, 0.29) is 61.8 Å². The van der Waals surface area contributed by atoms with E-state index in [1.807, 2.05) is 22.6 Å². The maximum atomic E-state index is 13.6. The van der Waals surface area contributed by atoms with Gasteiger partial charge in [-0.05, 0) is 226 Å². The van der Waals surface area contributed by atoms with Crippen molar-refractivity contribution >= 4 is 168 Å². The van der Waals surface area contributed by atoms with E-state index in [2.05, 4.69) is 10.1 Å². The minimum Gasteiger partial charge on any atom is -0.444 e. The van der Waals surface area contributed by atoms with Crippen molar-refractivity contribution in [2.45, 2.75) is 154 Å². The third-order valence-electron chi connectivity index (χ3n) is 7.05. The van der Waals surface area contributed by atoms with Gasteiger partial charge in [0.2, 0.25) is 0 Å². The normalized spacial score (nSPS) is 10.6. The van der Waals surface area contributed by atoms with Crippen LogP contribution in [0.2, 0.25) is 20.1 Å². The first-order valence-electron chi connectivity index (χ1n) is 22.0. The molecule has 0 saturated carbocycles. The number of aliphatic hydroxyl groups excluding tert-OH is 1. The predicted octanol–water partition coefficient (Wildman–Crippen LogP) is 19.3. The smallest absolute Gasteiger partial charge is 0.444 e. The molecule has 80 heavy (non-hydrogen) atoms. The van der Waals surface area contributed by atoms with E-state index in [9.17, 15) is 41.5 Å². The molecule has 0 aliphatic rings. The van der Waals surface area contributed by atoms with Crippen LogP contribution in [0, 0.1) is 34.0 Å². The molecule has 4 aromatic rings. The van der Waals surface area contributed by atoms with Gasteiger partial charge in [0, 0.05) is 7.11 Å². The molecule has 0 saturated heterocycles. The average Bonchev–Trinajstić information content (AvgIpc) is 3.24. The van der Waals surface area contributed by atoms with Crippen LogP contribution in [0.15, 0.2) is 54.6 Å². The summed E-state index contributed by atoms with van der Waals surface area (Å²) in [5, 5.41) is 10.1. The Morgan fingerprint density at radius 1 is 0.500 bits per heavy atom. The SMILES string of the molecule is C.C.C.CC(C)(C)OC(=O)N(C(=O)OC(C)(C)C)c1ccc(F)c(I)c1Cl.CC(C)(C)OC(=O)Nc1ccc(F)c(I)c1Cl.CC(C)(C)OC(=O)OC(=O)OC(C)(C)C.CO.Nc1ccc(F)c(I)c1Cl.Nc1ccc(F)cc1Cl. The summed E-state index contributed by atoms with van der Waals surface area (Å²) in [5.41, 5.74) is 8.15. The predicted molar refractivity (Wildman–Crippen MR) is 339 cm³/mol. The zero-order valence-electron chi connectivity index (χ0n) is 44.9. The van der Waals surface area contributed by atoms with Crippen molar-refractivity contribution in [1.82, 2.24) is 0 Å². The van der Waals surface area contributed by atoms with E-state index in [0.717, 1.165) is 13.2 Å². The minimum atomic E-state index is -1.06. The molecule has 456 valence electrons. The summed E-state index contributed by atoms with van der Waals surface area (Å²) in [7, 11) is 1.00. The molecule has 0 spiro atoms. The molecule has 4 rings (SSSR count). The van der Waals surface area contributed by atoms with Crippen molar-refractivity contribution < 1.29 is 75.1 Å². The number of amides is 3. The highest BCUT2D eigenvalue weighted by atomic mass is 127. The van der Waals surface area contributed by atoms with Gasteiger partial charge in [0.1, 0.15) is 51.3 Å². The molecule has 6 N–H and O–H groups in total. The van der Waals surface area contributed by atoms with Crippen LogP contribution >= 0.6 is 114 Å². The van der Waals surface area contributed by atoms with Gasteiger partial charge in [-0.25, -0.2) is 41.5 Å². The van der Waals surface area contributed by atoms with Crippen molar-refractivity contribution in [3.8, 4) is 0 Å². The Labute approximate surface area is 529 Å². The Hall–Kier alpha value is -3.74. The number of aliphatic hydroxyl groups is 1. The summed E-state index contributed by atoms with van der Waals surface area (Å²) >= 11 is 28.3. The van der Waals surface area contributed by atoms with Gasteiger partial charge in [-0.1, -0.05) is 68.7 Å². The number of nitrogen functional groups attached to an aromatic ring is 2. The second-order valence-corrected chi connectivity index (χ2v) is 24.6. The van der Waals surface area contributed by atoms with Crippen molar-refractivity contribution in [3.63, 3.8) is 0 Å². The third-order valence-corrected chi connectivity index (χ3v) is 12.7. The van der Waals surface area contributed by atoms with Crippen LogP contribution in [0.5, 0.6) is 0 Å². The summed E-state index contributed by atoms with van der Waals surface area (Å²) in [4.78, 5) is 59.1. The number of anilines is 4. The number of nitrogens with zero attached hydrogens (tertiary/aromatic N) is 1. The number of rotatable bonds is 2. The molecule has 0 radical (unpaired) electrons. The maximum absolute atomic E-state index is 13.6. The molecular weight excluding hydrogens is 1480 g/mol. The highest BCUT2D eigenvalue weighted by molar-refractivity contribution is 14.1. The molecule has 4 aromatic carbocycles. The summed E-state index contributed by atoms with van der Waals surface area (Å²) in [6.07, 6.45) is -4.66. The maximum Gasteiger partial charge on any atom is 0.519 e. The van der Waals surface area contributed by atoms with Crippen molar-refractivity contribution in [3.05, 3.63) is 109 Å². The van der Waals surface area contributed by atoms with Gasteiger partial charge in [-0.3, -0.25) is 5.32 Å². The lowest BCUT2D eigenvalue weighted by atomic mass is 10.2. The molecule has 27 heteroatoms. The molecule has 0 bridgehead atoms. The molecule has 16 nitrogen and oxygen atoms in total. The Bertz CT molecular complexity index is 2570. The topological polar surface area (TPSA) is 228 Å². The number of halogens is 11. The highest BCUT2D eigenvalue weighted by Gasteiger charge is 2.35. The fourth-order valence-corrected chi connectivity index (χ4v) is 6.44.